The van der Waals surface area contributed by atoms with Crippen LogP contribution >= 0.6 is 0 Å². The van der Waals surface area contributed by atoms with E-state index in [1.807, 2.05) is 6.92 Å². The number of hydrazone groups is 1. The van der Waals surface area contributed by atoms with Gasteiger partial charge in [0.15, 0.2) is 0 Å². The standard InChI is InChI=1S/C16H19F3N2O3/c1-3-4-7-11-10-15(23,16(17,18)19)21(20-11)14(22)12-8-5-6-9-13(12)24-2/h5-6,8-9,23H,3-4,7,10H2,1-2H3. The predicted molar refractivity (Wildman–Crippen MR) is 81.7 cm³/mol. The molecule has 2 rings (SSSR count). The third-order valence-corrected chi connectivity index (χ3v) is 3.85. The summed E-state index contributed by atoms with van der Waals surface area (Å²) < 4.78 is 45.2. The second kappa shape index (κ2) is 6.80. The molecule has 1 aromatic rings. The number of methoxy groups -OCH3 is 1. The van der Waals surface area contributed by atoms with Gasteiger partial charge in [-0.3, -0.25) is 4.79 Å². The molecule has 0 fully saturated rings. The highest BCUT2D eigenvalue weighted by Gasteiger charge is 2.63. The van der Waals surface area contributed by atoms with Crippen molar-refractivity contribution in [2.45, 2.75) is 44.5 Å². The van der Waals surface area contributed by atoms with Crippen LogP contribution in [0.4, 0.5) is 13.2 Å². The molecule has 1 amide bonds. The zero-order valence-electron chi connectivity index (χ0n) is 13.4. The summed E-state index contributed by atoms with van der Waals surface area (Å²) in [4.78, 5) is 12.6. The van der Waals surface area contributed by atoms with Crippen molar-refractivity contribution in [3.8, 4) is 5.75 Å². The van der Waals surface area contributed by atoms with E-state index >= 15 is 0 Å². The van der Waals surface area contributed by atoms with Gasteiger partial charge in [0.05, 0.1) is 12.7 Å². The van der Waals surface area contributed by atoms with E-state index in [9.17, 15) is 23.1 Å². The van der Waals surface area contributed by atoms with Gasteiger partial charge in [0.25, 0.3) is 11.6 Å². The largest absolute Gasteiger partial charge is 0.496 e. The second-order valence-electron chi connectivity index (χ2n) is 5.58. The topological polar surface area (TPSA) is 62.1 Å². The predicted octanol–water partition coefficient (Wildman–Crippen LogP) is 3.34. The minimum absolute atomic E-state index is 0.0943. The average molecular weight is 344 g/mol. The lowest BCUT2D eigenvalue weighted by atomic mass is 10.0. The van der Waals surface area contributed by atoms with Gasteiger partial charge in [-0.25, -0.2) is 0 Å². The molecule has 5 nitrogen and oxygen atoms in total. The molecule has 0 aliphatic carbocycles. The van der Waals surface area contributed by atoms with Crippen LogP contribution in [0.3, 0.4) is 0 Å². The van der Waals surface area contributed by atoms with E-state index in [1.165, 1.54) is 25.3 Å². The van der Waals surface area contributed by atoms with Crippen LogP contribution in [0, 0.1) is 0 Å². The monoisotopic (exact) mass is 344 g/mol. The van der Waals surface area contributed by atoms with Crippen LogP contribution in [0.5, 0.6) is 5.75 Å². The summed E-state index contributed by atoms with van der Waals surface area (Å²) in [7, 11) is 1.31. The molecule has 24 heavy (non-hydrogen) atoms. The highest BCUT2D eigenvalue weighted by Crippen LogP contribution is 2.42. The molecule has 0 bridgehead atoms. The number of aliphatic hydroxyl groups is 1. The third kappa shape index (κ3) is 3.24. The summed E-state index contributed by atoms with van der Waals surface area (Å²) in [5.74, 6) is -0.942. The van der Waals surface area contributed by atoms with E-state index in [4.69, 9.17) is 4.74 Å². The maximum Gasteiger partial charge on any atom is 0.438 e. The van der Waals surface area contributed by atoms with Crippen molar-refractivity contribution in [1.82, 2.24) is 5.01 Å². The number of hydrogen-bond acceptors (Lipinski definition) is 4. The van der Waals surface area contributed by atoms with Crippen LogP contribution in [0.2, 0.25) is 0 Å². The number of carbonyl (C=O) groups excluding carboxylic acids is 1. The number of nitrogens with zero attached hydrogens (tertiary/aromatic N) is 2. The molecule has 1 heterocycles. The SMILES string of the molecule is CCCCC1=NN(C(=O)c2ccccc2OC)C(O)(C(F)(F)F)C1. The van der Waals surface area contributed by atoms with Crippen LogP contribution in [-0.4, -0.2) is 40.7 Å². The molecule has 0 saturated heterocycles. The fourth-order valence-electron chi connectivity index (χ4n) is 2.51. The smallest absolute Gasteiger partial charge is 0.438 e. The normalized spacial score (nSPS) is 20.9. The number of rotatable bonds is 5. The van der Waals surface area contributed by atoms with Crippen LogP contribution < -0.4 is 4.74 Å². The van der Waals surface area contributed by atoms with Gasteiger partial charge >= 0.3 is 6.18 Å². The molecule has 1 aliphatic heterocycles. The van der Waals surface area contributed by atoms with Gasteiger partial charge in [-0.15, -0.1) is 0 Å². The third-order valence-electron chi connectivity index (χ3n) is 3.85. The number of amides is 1. The Morgan fingerprint density at radius 3 is 2.67 bits per heavy atom. The van der Waals surface area contributed by atoms with E-state index < -0.39 is 24.2 Å². The Hall–Kier alpha value is -2.09. The Morgan fingerprint density at radius 2 is 2.08 bits per heavy atom. The summed E-state index contributed by atoms with van der Waals surface area (Å²) in [6.07, 6.45) is -4.07. The van der Waals surface area contributed by atoms with Crippen molar-refractivity contribution in [1.29, 1.82) is 0 Å². The molecular formula is C16H19F3N2O3. The van der Waals surface area contributed by atoms with E-state index in [0.29, 0.717) is 12.8 Å². The second-order valence-corrected chi connectivity index (χ2v) is 5.58. The zero-order valence-corrected chi connectivity index (χ0v) is 13.4. The van der Waals surface area contributed by atoms with E-state index in [1.54, 1.807) is 6.07 Å². The number of unbranched alkanes of at least 4 members (excludes halogenated alkanes) is 1. The minimum Gasteiger partial charge on any atom is -0.496 e. The lowest BCUT2D eigenvalue weighted by molar-refractivity contribution is -0.297. The molecule has 8 heteroatoms. The van der Waals surface area contributed by atoms with Crippen molar-refractivity contribution in [2.75, 3.05) is 7.11 Å². The lowest BCUT2D eigenvalue weighted by Crippen LogP contribution is -2.56. The Bertz CT molecular complexity index is 646. The van der Waals surface area contributed by atoms with Crippen LogP contribution in [0.1, 0.15) is 43.0 Å². The number of benzene rings is 1. The van der Waals surface area contributed by atoms with Gasteiger partial charge in [-0.1, -0.05) is 25.5 Å². The molecule has 1 aliphatic rings. The fraction of sp³-hybridized carbons (Fsp3) is 0.500. The zero-order chi connectivity index (χ0) is 18.0. The summed E-state index contributed by atoms with van der Waals surface area (Å²) in [5, 5.41) is 14.1. The number of hydrogen-bond donors (Lipinski definition) is 1. The Balaban J connectivity index is 2.42. The molecule has 1 aromatic carbocycles. The highest BCUT2D eigenvalue weighted by atomic mass is 19.4. The minimum atomic E-state index is -5.03. The first-order valence-electron chi connectivity index (χ1n) is 7.57. The van der Waals surface area contributed by atoms with Crippen LogP contribution in [0.15, 0.2) is 29.4 Å². The number of alkyl halides is 3. The number of para-hydroxylation sites is 1. The molecule has 0 saturated carbocycles. The molecular weight excluding hydrogens is 325 g/mol. The highest BCUT2D eigenvalue weighted by molar-refractivity contribution is 6.00. The summed E-state index contributed by atoms with van der Waals surface area (Å²) >= 11 is 0. The van der Waals surface area contributed by atoms with Gasteiger partial charge in [0.1, 0.15) is 5.75 Å². The first kappa shape index (κ1) is 18.3. The fourth-order valence-corrected chi connectivity index (χ4v) is 2.51. The van der Waals surface area contributed by atoms with Crippen molar-refractivity contribution in [3.05, 3.63) is 29.8 Å². The number of ether oxygens (including phenoxy) is 1. The maximum atomic E-state index is 13.4. The molecule has 0 radical (unpaired) electrons. The van der Waals surface area contributed by atoms with Crippen molar-refractivity contribution >= 4 is 11.6 Å². The van der Waals surface area contributed by atoms with E-state index in [2.05, 4.69) is 5.10 Å². The van der Waals surface area contributed by atoms with Crippen molar-refractivity contribution < 1.29 is 27.8 Å². The van der Waals surface area contributed by atoms with E-state index in [-0.39, 0.29) is 22.0 Å². The van der Waals surface area contributed by atoms with Crippen LogP contribution in [0.25, 0.3) is 0 Å². The van der Waals surface area contributed by atoms with Gasteiger partial charge in [0, 0.05) is 12.1 Å². The lowest BCUT2D eigenvalue weighted by Gasteiger charge is -2.32. The van der Waals surface area contributed by atoms with Crippen molar-refractivity contribution in [2.24, 2.45) is 5.10 Å². The number of halogens is 3. The van der Waals surface area contributed by atoms with Gasteiger partial charge in [-0.05, 0) is 25.0 Å². The first-order valence-corrected chi connectivity index (χ1v) is 7.57. The Kier molecular flexibility index (Phi) is 5.17. The van der Waals surface area contributed by atoms with Crippen molar-refractivity contribution in [3.63, 3.8) is 0 Å². The average Bonchev–Trinajstić information content (AvgIpc) is 2.90. The summed E-state index contributed by atoms with van der Waals surface area (Å²) in [6.45, 7) is 1.89. The Morgan fingerprint density at radius 1 is 1.42 bits per heavy atom. The maximum absolute atomic E-state index is 13.4. The van der Waals surface area contributed by atoms with Gasteiger partial charge < -0.3 is 9.84 Å². The Labute approximate surface area is 137 Å². The first-order chi connectivity index (χ1) is 11.2. The van der Waals surface area contributed by atoms with Gasteiger partial charge in [-0.2, -0.15) is 23.3 Å². The summed E-state index contributed by atoms with van der Waals surface area (Å²) in [5.41, 5.74) is -3.28. The number of carbonyl (C=O) groups is 1. The van der Waals surface area contributed by atoms with Gasteiger partial charge in [0.2, 0.25) is 0 Å². The molecule has 0 spiro atoms. The van der Waals surface area contributed by atoms with E-state index in [0.717, 1.165) is 6.42 Å². The molecule has 1 atom stereocenters. The molecule has 0 aromatic heterocycles. The molecule has 1 unspecified atom stereocenters. The molecule has 132 valence electrons. The molecule has 1 N–H and O–H groups in total. The summed E-state index contributed by atoms with van der Waals surface area (Å²) in [6, 6.07) is 5.88. The van der Waals surface area contributed by atoms with Crippen LogP contribution in [-0.2, 0) is 0 Å². The quantitative estimate of drug-likeness (QED) is 0.891.